The van der Waals surface area contributed by atoms with Crippen LogP contribution in [-0.2, 0) is 4.74 Å². The number of hydrogen-bond acceptors (Lipinski definition) is 5. The van der Waals surface area contributed by atoms with Gasteiger partial charge in [-0.15, -0.1) is 0 Å². The molecule has 0 aliphatic rings. The molecular formula is C11H20N4O2. The van der Waals surface area contributed by atoms with Crippen molar-refractivity contribution in [2.24, 2.45) is 16.5 Å². The van der Waals surface area contributed by atoms with Gasteiger partial charge in [-0.3, -0.25) is 10.3 Å². The van der Waals surface area contributed by atoms with Crippen LogP contribution in [0.2, 0.25) is 0 Å². The topological polar surface area (TPSA) is 103 Å². The predicted octanol–water partition coefficient (Wildman–Crippen LogP) is 0.854. The maximum Gasteiger partial charge on any atom is 0.413 e. The van der Waals surface area contributed by atoms with Gasteiger partial charge in [0.05, 0.1) is 5.57 Å². The van der Waals surface area contributed by atoms with Gasteiger partial charge in [0.1, 0.15) is 11.4 Å². The molecule has 0 rings (SSSR count). The van der Waals surface area contributed by atoms with E-state index in [1.165, 1.54) is 13.2 Å². The zero-order valence-electron chi connectivity index (χ0n) is 10.7. The fourth-order valence-corrected chi connectivity index (χ4v) is 0.982. The van der Waals surface area contributed by atoms with Gasteiger partial charge < -0.3 is 16.2 Å². The van der Waals surface area contributed by atoms with Gasteiger partial charge in [0.2, 0.25) is 0 Å². The van der Waals surface area contributed by atoms with Crippen molar-refractivity contribution in [1.29, 1.82) is 0 Å². The second-order valence-corrected chi connectivity index (χ2v) is 4.30. The summed E-state index contributed by atoms with van der Waals surface area (Å²) in [6.45, 7) is 8.82. The van der Waals surface area contributed by atoms with Gasteiger partial charge in [-0.05, 0) is 20.8 Å². The molecule has 0 aliphatic carbocycles. The molecule has 1 amide bonds. The number of nitrogens with one attached hydrogen (secondary N) is 1. The van der Waals surface area contributed by atoms with Crippen molar-refractivity contribution in [3.63, 3.8) is 0 Å². The van der Waals surface area contributed by atoms with Crippen LogP contribution >= 0.6 is 0 Å². The largest absolute Gasteiger partial charge is 0.444 e. The van der Waals surface area contributed by atoms with Crippen LogP contribution < -0.4 is 16.8 Å². The molecule has 0 radical (unpaired) electrons. The molecule has 0 atom stereocenters. The molecule has 0 saturated carbocycles. The van der Waals surface area contributed by atoms with E-state index >= 15 is 0 Å². The fourth-order valence-electron chi connectivity index (χ4n) is 0.982. The Morgan fingerprint density at radius 3 is 2.29 bits per heavy atom. The highest BCUT2D eigenvalue weighted by molar-refractivity contribution is 6.08. The maximum atomic E-state index is 11.5. The summed E-state index contributed by atoms with van der Waals surface area (Å²) in [4.78, 5) is 15.4. The summed E-state index contributed by atoms with van der Waals surface area (Å²) in [5.74, 6) is 0.217. The molecule has 5 N–H and O–H groups in total. The number of carbonyl (C=O) groups is 1. The molecule has 0 aromatic carbocycles. The van der Waals surface area contributed by atoms with Crippen molar-refractivity contribution in [3.8, 4) is 0 Å². The molecule has 0 spiro atoms. The number of carbonyl (C=O) groups excluding carboxylic acids is 1. The third-order valence-electron chi connectivity index (χ3n) is 1.61. The first-order valence-corrected chi connectivity index (χ1v) is 5.05. The molecule has 0 aromatic rings. The lowest BCUT2D eigenvalue weighted by Gasteiger charge is -2.20. The predicted molar refractivity (Wildman–Crippen MR) is 68.3 cm³/mol. The van der Waals surface area contributed by atoms with Crippen LogP contribution in [0, 0.1) is 0 Å². The summed E-state index contributed by atoms with van der Waals surface area (Å²) in [7, 11) is 1.50. The Hall–Kier alpha value is -1.98. The highest BCUT2D eigenvalue weighted by Gasteiger charge is 2.18. The normalized spacial score (nSPS) is 13.2. The minimum absolute atomic E-state index is 0.212. The van der Waals surface area contributed by atoms with E-state index in [2.05, 4.69) is 16.9 Å². The Morgan fingerprint density at radius 1 is 1.47 bits per heavy atom. The molecule has 0 saturated heterocycles. The van der Waals surface area contributed by atoms with E-state index in [1.807, 2.05) is 0 Å². The van der Waals surface area contributed by atoms with Crippen LogP contribution in [0.4, 0.5) is 4.79 Å². The smallest absolute Gasteiger partial charge is 0.413 e. The van der Waals surface area contributed by atoms with E-state index in [1.54, 1.807) is 20.8 Å². The first kappa shape index (κ1) is 15.0. The number of alkyl carbamates (subject to hydrolysis) is 1. The first-order chi connectivity index (χ1) is 7.71. The first-order valence-electron chi connectivity index (χ1n) is 5.05. The lowest BCUT2D eigenvalue weighted by atomic mass is 10.2. The van der Waals surface area contributed by atoms with E-state index in [0.29, 0.717) is 5.57 Å². The third kappa shape index (κ3) is 5.60. The van der Waals surface area contributed by atoms with Crippen LogP contribution in [0.15, 0.2) is 29.0 Å². The third-order valence-corrected chi connectivity index (χ3v) is 1.61. The number of nitrogens with zero attached hydrogens (tertiary/aromatic N) is 1. The van der Waals surface area contributed by atoms with E-state index < -0.39 is 11.7 Å². The Labute approximate surface area is 101 Å². The number of aliphatic imine (C=N–C) groups is 1. The van der Waals surface area contributed by atoms with E-state index in [-0.39, 0.29) is 11.5 Å². The number of amidine groups is 1. The Balaban J connectivity index is 4.75. The maximum absolute atomic E-state index is 11.5. The van der Waals surface area contributed by atoms with Gasteiger partial charge in [0.15, 0.2) is 0 Å². The minimum atomic E-state index is -0.626. The van der Waals surface area contributed by atoms with Gasteiger partial charge >= 0.3 is 6.09 Å². The highest BCUT2D eigenvalue weighted by atomic mass is 16.6. The standard InChI is InChI=1S/C11H20N4O2/c1-7(13)8(6-12)9(14-5)15-10(16)17-11(2,3)4/h6H,1,12-13H2,2-5H3,(H,14,15,16). The van der Waals surface area contributed by atoms with Crippen molar-refractivity contribution < 1.29 is 9.53 Å². The van der Waals surface area contributed by atoms with E-state index in [0.717, 1.165) is 0 Å². The highest BCUT2D eigenvalue weighted by Crippen LogP contribution is 2.08. The van der Waals surface area contributed by atoms with Gasteiger partial charge in [0.25, 0.3) is 0 Å². The van der Waals surface area contributed by atoms with E-state index in [4.69, 9.17) is 16.2 Å². The van der Waals surface area contributed by atoms with Crippen molar-refractivity contribution >= 4 is 11.9 Å². The number of nitrogens with two attached hydrogens (primary N) is 2. The van der Waals surface area contributed by atoms with Crippen LogP contribution in [0.25, 0.3) is 0 Å². The summed E-state index contributed by atoms with van der Waals surface area (Å²) in [6, 6.07) is 0. The number of ether oxygens (including phenoxy) is 1. The average molecular weight is 240 g/mol. The SMILES string of the molecule is C=C(N)C(=CN)C(=NC)NC(=O)OC(C)(C)C. The van der Waals surface area contributed by atoms with Gasteiger partial charge in [-0.1, -0.05) is 6.58 Å². The summed E-state index contributed by atoms with van der Waals surface area (Å²) in [6.07, 6.45) is 0.598. The molecule has 17 heavy (non-hydrogen) atoms. The number of amides is 1. The van der Waals surface area contributed by atoms with Crippen molar-refractivity contribution in [1.82, 2.24) is 5.32 Å². The molecule has 0 aliphatic heterocycles. The lowest BCUT2D eigenvalue weighted by Crippen LogP contribution is -2.38. The van der Waals surface area contributed by atoms with Gasteiger partial charge in [0, 0.05) is 18.9 Å². The molecule has 0 fully saturated rings. The summed E-state index contributed by atoms with van der Waals surface area (Å²) < 4.78 is 5.08. The zero-order chi connectivity index (χ0) is 13.6. The van der Waals surface area contributed by atoms with Crippen molar-refractivity contribution in [3.05, 3.63) is 24.0 Å². The van der Waals surface area contributed by atoms with Gasteiger partial charge in [-0.25, -0.2) is 4.79 Å². The second-order valence-electron chi connectivity index (χ2n) is 4.30. The van der Waals surface area contributed by atoms with Crippen LogP contribution in [0.3, 0.4) is 0 Å². The van der Waals surface area contributed by atoms with Gasteiger partial charge in [-0.2, -0.15) is 0 Å². The van der Waals surface area contributed by atoms with Crippen LogP contribution in [-0.4, -0.2) is 24.6 Å². The summed E-state index contributed by atoms with van der Waals surface area (Å²) in [5.41, 5.74) is 10.9. The summed E-state index contributed by atoms with van der Waals surface area (Å²) >= 11 is 0. The van der Waals surface area contributed by atoms with Crippen molar-refractivity contribution in [2.45, 2.75) is 26.4 Å². The van der Waals surface area contributed by atoms with E-state index in [9.17, 15) is 4.79 Å². The number of rotatable bonds is 2. The lowest BCUT2D eigenvalue weighted by molar-refractivity contribution is 0.0563. The zero-order valence-corrected chi connectivity index (χ0v) is 10.7. The molecule has 0 unspecified atom stereocenters. The molecule has 0 heterocycles. The average Bonchev–Trinajstić information content (AvgIpc) is 2.13. The Morgan fingerprint density at radius 2 is 2.00 bits per heavy atom. The molecule has 0 bridgehead atoms. The monoisotopic (exact) mass is 240 g/mol. The fraction of sp³-hybridized carbons (Fsp3) is 0.455. The molecule has 6 heteroatoms. The Kier molecular flexibility index (Phi) is 5.24. The molecule has 96 valence electrons. The molecule has 0 aromatic heterocycles. The quantitative estimate of drug-likeness (QED) is 0.378. The minimum Gasteiger partial charge on any atom is -0.444 e. The van der Waals surface area contributed by atoms with Crippen LogP contribution in [0.1, 0.15) is 20.8 Å². The second kappa shape index (κ2) is 5.93. The van der Waals surface area contributed by atoms with Crippen LogP contribution in [0.5, 0.6) is 0 Å². The molecule has 6 nitrogen and oxygen atoms in total. The number of hydrogen-bond donors (Lipinski definition) is 3. The summed E-state index contributed by atoms with van der Waals surface area (Å²) in [5, 5.41) is 2.46. The Bertz CT molecular complexity index is 364. The molecular weight excluding hydrogens is 220 g/mol. The van der Waals surface area contributed by atoms with Crippen molar-refractivity contribution in [2.75, 3.05) is 7.05 Å².